The first-order chi connectivity index (χ1) is 10.2. The number of ether oxygens (including phenoxy) is 2. The molecule has 0 radical (unpaired) electrons. The van der Waals surface area contributed by atoms with E-state index in [4.69, 9.17) is 9.47 Å². The van der Waals surface area contributed by atoms with E-state index in [1.54, 1.807) is 14.2 Å². The van der Waals surface area contributed by atoms with Crippen LogP contribution in [0.2, 0.25) is 0 Å². The molecule has 1 fully saturated rings. The molecule has 1 aromatic carbocycles. The lowest BCUT2D eigenvalue weighted by Crippen LogP contribution is -2.31. The number of carbonyl (C=O) groups is 1. The van der Waals surface area contributed by atoms with Crippen LogP contribution in [-0.4, -0.2) is 52.6 Å². The van der Waals surface area contributed by atoms with Gasteiger partial charge in [0.05, 0.1) is 12.7 Å². The second-order valence-electron chi connectivity index (χ2n) is 5.01. The van der Waals surface area contributed by atoms with Crippen LogP contribution in [0.5, 0.6) is 0 Å². The molecular formula is C15H23N3O3. The highest BCUT2D eigenvalue weighted by Crippen LogP contribution is 2.23. The van der Waals surface area contributed by atoms with Gasteiger partial charge < -0.3 is 25.0 Å². The number of urea groups is 1. The lowest BCUT2D eigenvalue weighted by atomic mass is 10.2. The summed E-state index contributed by atoms with van der Waals surface area (Å²) in [5, 5.41) is 5.50. The van der Waals surface area contributed by atoms with Crippen LogP contribution in [0.15, 0.2) is 24.3 Å². The van der Waals surface area contributed by atoms with Crippen molar-refractivity contribution < 1.29 is 14.3 Å². The fourth-order valence-electron chi connectivity index (χ4n) is 2.35. The number of hydrogen-bond acceptors (Lipinski definition) is 4. The molecule has 0 spiro atoms. The molecule has 1 saturated heterocycles. The van der Waals surface area contributed by atoms with Crippen LogP contribution in [0, 0.1) is 0 Å². The van der Waals surface area contributed by atoms with E-state index in [2.05, 4.69) is 15.5 Å². The zero-order valence-electron chi connectivity index (χ0n) is 12.6. The molecule has 6 heteroatoms. The molecular weight excluding hydrogens is 270 g/mol. The van der Waals surface area contributed by atoms with Gasteiger partial charge in [0.1, 0.15) is 0 Å². The Kier molecular flexibility index (Phi) is 5.83. The first kappa shape index (κ1) is 15.6. The molecule has 0 saturated carbocycles. The van der Waals surface area contributed by atoms with Crippen LogP contribution in [-0.2, 0) is 9.47 Å². The van der Waals surface area contributed by atoms with Gasteiger partial charge in [-0.1, -0.05) is 0 Å². The highest BCUT2D eigenvalue weighted by atomic mass is 16.5. The number of amides is 2. The Labute approximate surface area is 125 Å². The van der Waals surface area contributed by atoms with Gasteiger partial charge in [-0.2, -0.15) is 0 Å². The molecule has 0 bridgehead atoms. The van der Waals surface area contributed by atoms with Gasteiger partial charge in [0.25, 0.3) is 0 Å². The lowest BCUT2D eigenvalue weighted by Gasteiger charge is -2.18. The third-order valence-electron chi connectivity index (χ3n) is 3.56. The van der Waals surface area contributed by atoms with E-state index in [1.807, 2.05) is 24.3 Å². The van der Waals surface area contributed by atoms with Crippen LogP contribution in [0.4, 0.5) is 16.2 Å². The van der Waals surface area contributed by atoms with Gasteiger partial charge in [0.2, 0.25) is 0 Å². The maximum atomic E-state index is 11.6. The minimum Gasteiger partial charge on any atom is -0.383 e. The van der Waals surface area contributed by atoms with Gasteiger partial charge in [-0.3, -0.25) is 0 Å². The zero-order valence-corrected chi connectivity index (χ0v) is 12.6. The van der Waals surface area contributed by atoms with Crippen molar-refractivity contribution in [3.8, 4) is 0 Å². The van der Waals surface area contributed by atoms with E-state index in [-0.39, 0.29) is 6.03 Å². The van der Waals surface area contributed by atoms with Crippen LogP contribution < -0.4 is 15.5 Å². The Balaban J connectivity index is 1.83. The molecule has 1 atom stereocenters. The summed E-state index contributed by atoms with van der Waals surface area (Å²) in [4.78, 5) is 13.9. The predicted octanol–water partition coefficient (Wildman–Crippen LogP) is 1.68. The summed E-state index contributed by atoms with van der Waals surface area (Å²) in [6.45, 7) is 2.91. The van der Waals surface area contributed by atoms with Crippen LogP contribution in [0.25, 0.3) is 0 Å². The van der Waals surface area contributed by atoms with E-state index in [1.165, 1.54) is 0 Å². The smallest absolute Gasteiger partial charge is 0.319 e. The molecule has 2 amide bonds. The third-order valence-corrected chi connectivity index (χ3v) is 3.56. The highest BCUT2D eigenvalue weighted by molar-refractivity contribution is 5.89. The van der Waals surface area contributed by atoms with Crippen LogP contribution >= 0.6 is 0 Å². The number of anilines is 2. The number of nitrogens with zero attached hydrogens (tertiary/aromatic N) is 1. The molecule has 1 aliphatic heterocycles. The van der Waals surface area contributed by atoms with Crippen molar-refractivity contribution in [1.82, 2.24) is 5.32 Å². The molecule has 0 aromatic heterocycles. The normalized spacial score (nSPS) is 17.8. The SMILES string of the molecule is COCCNC(=O)Nc1ccc(N2CC[C@@H](OC)C2)cc1. The molecule has 1 heterocycles. The summed E-state index contributed by atoms with van der Waals surface area (Å²) in [7, 11) is 3.36. The van der Waals surface area contributed by atoms with Crippen molar-refractivity contribution in [2.24, 2.45) is 0 Å². The fourth-order valence-corrected chi connectivity index (χ4v) is 2.35. The van der Waals surface area contributed by atoms with E-state index >= 15 is 0 Å². The summed E-state index contributed by atoms with van der Waals surface area (Å²) < 4.78 is 10.2. The summed E-state index contributed by atoms with van der Waals surface area (Å²) >= 11 is 0. The van der Waals surface area contributed by atoms with Crippen LogP contribution in [0.1, 0.15) is 6.42 Å². The number of rotatable bonds is 6. The minimum absolute atomic E-state index is 0.222. The molecule has 0 aliphatic carbocycles. The molecule has 21 heavy (non-hydrogen) atoms. The standard InChI is InChI=1S/C15H23N3O3/c1-20-10-8-16-15(19)17-12-3-5-13(6-4-12)18-9-7-14(11-18)21-2/h3-6,14H,7-11H2,1-2H3,(H2,16,17,19)/t14-/m1/s1. The van der Waals surface area contributed by atoms with E-state index in [0.717, 1.165) is 30.9 Å². The molecule has 1 aliphatic rings. The van der Waals surface area contributed by atoms with Gasteiger partial charge in [-0.05, 0) is 30.7 Å². The van der Waals surface area contributed by atoms with Crippen LogP contribution in [0.3, 0.4) is 0 Å². The molecule has 2 rings (SSSR count). The van der Waals surface area contributed by atoms with Gasteiger partial charge in [-0.25, -0.2) is 4.79 Å². The van der Waals surface area contributed by atoms with Crippen molar-refractivity contribution in [2.75, 3.05) is 50.7 Å². The number of methoxy groups -OCH3 is 2. The first-order valence-electron chi connectivity index (χ1n) is 7.14. The Bertz CT molecular complexity index is 450. The number of nitrogens with one attached hydrogen (secondary N) is 2. The maximum Gasteiger partial charge on any atom is 0.319 e. The molecule has 0 unspecified atom stereocenters. The van der Waals surface area contributed by atoms with Gasteiger partial charge in [-0.15, -0.1) is 0 Å². The third kappa shape index (κ3) is 4.61. The molecule has 2 N–H and O–H groups in total. The molecule has 6 nitrogen and oxygen atoms in total. The van der Waals surface area contributed by atoms with Gasteiger partial charge >= 0.3 is 6.03 Å². The van der Waals surface area contributed by atoms with Crippen molar-refractivity contribution in [3.05, 3.63) is 24.3 Å². The van der Waals surface area contributed by atoms with Gasteiger partial charge in [0, 0.05) is 45.2 Å². The summed E-state index contributed by atoms with van der Waals surface area (Å²) in [5.41, 5.74) is 1.93. The molecule has 116 valence electrons. The summed E-state index contributed by atoms with van der Waals surface area (Å²) in [5.74, 6) is 0. The Morgan fingerprint density at radius 1 is 1.33 bits per heavy atom. The predicted molar refractivity (Wildman–Crippen MR) is 83.0 cm³/mol. The number of benzene rings is 1. The quantitative estimate of drug-likeness (QED) is 0.783. The lowest BCUT2D eigenvalue weighted by molar-refractivity contribution is 0.121. The van der Waals surface area contributed by atoms with Crippen molar-refractivity contribution in [1.29, 1.82) is 0 Å². The minimum atomic E-state index is -0.222. The summed E-state index contributed by atoms with van der Waals surface area (Å²) in [6.07, 6.45) is 1.37. The van der Waals surface area contributed by atoms with Gasteiger partial charge in [0.15, 0.2) is 0 Å². The monoisotopic (exact) mass is 293 g/mol. The van der Waals surface area contributed by atoms with E-state index in [9.17, 15) is 4.79 Å². The summed E-state index contributed by atoms with van der Waals surface area (Å²) in [6, 6.07) is 7.63. The second kappa shape index (κ2) is 7.85. The number of carbonyl (C=O) groups excluding carboxylic acids is 1. The topological polar surface area (TPSA) is 62.8 Å². The Morgan fingerprint density at radius 3 is 2.71 bits per heavy atom. The van der Waals surface area contributed by atoms with E-state index in [0.29, 0.717) is 19.3 Å². The Morgan fingerprint density at radius 2 is 2.10 bits per heavy atom. The highest BCUT2D eigenvalue weighted by Gasteiger charge is 2.21. The fraction of sp³-hybridized carbons (Fsp3) is 0.533. The molecule has 1 aromatic rings. The number of hydrogen-bond donors (Lipinski definition) is 2. The van der Waals surface area contributed by atoms with Crippen molar-refractivity contribution in [2.45, 2.75) is 12.5 Å². The largest absolute Gasteiger partial charge is 0.383 e. The second-order valence-corrected chi connectivity index (χ2v) is 5.01. The van der Waals surface area contributed by atoms with E-state index < -0.39 is 0 Å². The zero-order chi connectivity index (χ0) is 15.1. The van der Waals surface area contributed by atoms with Crippen molar-refractivity contribution in [3.63, 3.8) is 0 Å². The average molecular weight is 293 g/mol. The first-order valence-corrected chi connectivity index (χ1v) is 7.14. The Hall–Kier alpha value is -1.79. The average Bonchev–Trinajstić information content (AvgIpc) is 2.97. The maximum absolute atomic E-state index is 11.6. The van der Waals surface area contributed by atoms with Crippen molar-refractivity contribution >= 4 is 17.4 Å².